The molecule has 2 aliphatic heterocycles. The first kappa shape index (κ1) is 15.3. The van der Waals surface area contributed by atoms with Gasteiger partial charge < -0.3 is 10.0 Å². The van der Waals surface area contributed by atoms with E-state index in [1.807, 2.05) is 16.7 Å². The molecule has 2 aliphatic rings. The Hall–Kier alpha value is -1.10. The molecule has 0 spiro atoms. The number of rotatable bonds is 4. The van der Waals surface area contributed by atoms with Crippen molar-refractivity contribution in [1.82, 2.24) is 9.80 Å². The molecule has 5 heteroatoms. The van der Waals surface area contributed by atoms with Crippen LogP contribution in [0.25, 0.3) is 0 Å². The molecule has 0 aliphatic carbocycles. The Labute approximate surface area is 120 Å². The molecule has 0 aromatic carbocycles. The predicted molar refractivity (Wildman–Crippen MR) is 76.4 cm³/mol. The van der Waals surface area contributed by atoms with Crippen molar-refractivity contribution in [3.8, 4) is 0 Å². The average Bonchev–Trinajstić information content (AvgIpc) is 2.83. The van der Waals surface area contributed by atoms with Gasteiger partial charge in [-0.25, -0.2) is 0 Å². The van der Waals surface area contributed by atoms with E-state index in [0.717, 1.165) is 38.9 Å². The third-order valence-electron chi connectivity index (χ3n) is 5.07. The smallest absolute Gasteiger partial charge is 0.324 e. The van der Waals surface area contributed by atoms with Gasteiger partial charge in [0.1, 0.15) is 5.54 Å². The second-order valence-electron chi connectivity index (χ2n) is 6.28. The predicted octanol–water partition coefficient (Wildman–Crippen LogP) is 1.57. The minimum atomic E-state index is -0.821. The Kier molecular flexibility index (Phi) is 4.68. The number of carboxylic acid groups (broad SMARTS) is 1. The van der Waals surface area contributed by atoms with Gasteiger partial charge in [0.2, 0.25) is 5.91 Å². The van der Waals surface area contributed by atoms with E-state index < -0.39 is 11.5 Å². The van der Waals surface area contributed by atoms with Gasteiger partial charge in [-0.2, -0.15) is 0 Å². The van der Waals surface area contributed by atoms with Crippen molar-refractivity contribution in [2.75, 3.05) is 26.2 Å². The van der Waals surface area contributed by atoms with Gasteiger partial charge >= 0.3 is 5.97 Å². The molecule has 5 nitrogen and oxygen atoms in total. The van der Waals surface area contributed by atoms with Crippen molar-refractivity contribution >= 4 is 11.9 Å². The highest BCUT2D eigenvalue weighted by Gasteiger charge is 2.47. The standard InChI is InChI=1S/C15H26N2O3/c1-3-15(14(19)20)7-4-8-17(15)11-13(18)16-9-5-12(2)6-10-16/h12H,3-11H2,1-2H3,(H,19,20). The van der Waals surface area contributed by atoms with Gasteiger partial charge in [0.25, 0.3) is 0 Å². The lowest BCUT2D eigenvalue weighted by molar-refractivity contribution is -0.151. The van der Waals surface area contributed by atoms with Crippen LogP contribution in [0.2, 0.25) is 0 Å². The maximum Gasteiger partial charge on any atom is 0.324 e. The number of likely N-dealkylation sites (tertiary alicyclic amines) is 2. The molecule has 1 N–H and O–H groups in total. The van der Waals surface area contributed by atoms with Crippen LogP contribution in [-0.4, -0.2) is 58.5 Å². The van der Waals surface area contributed by atoms with Crippen molar-refractivity contribution in [1.29, 1.82) is 0 Å². The molecule has 20 heavy (non-hydrogen) atoms. The van der Waals surface area contributed by atoms with E-state index >= 15 is 0 Å². The molecular weight excluding hydrogens is 256 g/mol. The zero-order valence-corrected chi connectivity index (χ0v) is 12.6. The molecule has 0 aromatic heterocycles. The molecule has 0 saturated carbocycles. The second-order valence-corrected chi connectivity index (χ2v) is 6.28. The topological polar surface area (TPSA) is 60.9 Å². The third-order valence-corrected chi connectivity index (χ3v) is 5.07. The Morgan fingerprint density at radius 1 is 1.25 bits per heavy atom. The summed E-state index contributed by atoms with van der Waals surface area (Å²) in [4.78, 5) is 27.8. The molecule has 2 saturated heterocycles. The lowest BCUT2D eigenvalue weighted by Crippen LogP contribution is -2.54. The van der Waals surface area contributed by atoms with Crippen molar-refractivity contribution in [3.05, 3.63) is 0 Å². The van der Waals surface area contributed by atoms with Crippen molar-refractivity contribution < 1.29 is 14.7 Å². The number of piperidine rings is 1. The lowest BCUT2D eigenvalue weighted by Gasteiger charge is -2.36. The van der Waals surface area contributed by atoms with E-state index in [4.69, 9.17) is 0 Å². The second kappa shape index (κ2) is 6.12. The van der Waals surface area contributed by atoms with Crippen LogP contribution in [0.5, 0.6) is 0 Å². The van der Waals surface area contributed by atoms with Crippen LogP contribution in [-0.2, 0) is 9.59 Å². The number of carbonyl (C=O) groups excluding carboxylic acids is 1. The van der Waals surface area contributed by atoms with E-state index in [1.165, 1.54) is 0 Å². The van der Waals surface area contributed by atoms with Crippen LogP contribution in [0.3, 0.4) is 0 Å². The number of carboxylic acids is 1. The summed E-state index contributed by atoms with van der Waals surface area (Å²) >= 11 is 0. The zero-order valence-electron chi connectivity index (χ0n) is 12.6. The fourth-order valence-corrected chi connectivity index (χ4v) is 3.48. The highest BCUT2D eigenvalue weighted by molar-refractivity contribution is 5.82. The van der Waals surface area contributed by atoms with Gasteiger partial charge in [-0.05, 0) is 44.6 Å². The Balaban J connectivity index is 1.98. The Bertz CT molecular complexity index is 377. The maximum atomic E-state index is 12.4. The van der Waals surface area contributed by atoms with Crippen LogP contribution in [0.1, 0.15) is 46.0 Å². The minimum absolute atomic E-state index is 0.0953. The highest BCUT2D eigenvalue weighted by Crippen LogP contribution is 2.32. The summed E-state index contributed by atoms with van der Waals surface area (Å²) in [6.07, 6.45) is 4.20. The maximum absolute atomic E-state index is 12.4. The Morgan fingerprint density at radius 3 is 2.45 bits per heavy atom. The summed E-state index contributed by atoms with van der Waals surface area (Å²) in [5.41, 5.74) is -0.821. The van der Waals surface area contributed by atoms with Crippen molar-refractivity contribution in [2.45, 2.75) is 51.5 Å². The lowest BCUT2D eigenvalue weighted by atomic mass is 9.93. The van der Waals surface area contributed by atoms with Crippen LogP contribution in [0.4, 0.5) is 0 Å². The molecule has 114 valence electrons. The molecule has 0 aromatic rings. The van der Waals surface area contributed by atoms with E-state index in [0.29, 0.717) is 18.8 Å². The Morgan fingerprint density at radius 2 is 1.90 bits per heavy atom. The van der Waals surface area contributed by atoms with Gasteiger partial charge in [-0.1, -0.05) is 13.8 Å². The number of hydrogen-bond donors (Lipinski definition) is 1. The number of hydrogen-bond acceptors (Lipinski definition) is 3. The van der Waals surface area contributed by atoms with E-state index in [2.05, 4.69) is 6.92 Å². The summed E-state index contributed by atoms with van der Waals surface area (Å²) in [7, 11) is 0. The molecule has 1 atom stereocenters. The minimum Gasteiger partial charge on any atom is -0.480 e. The number of amides is 1. The highest BCUT2D eigenvalue weighted by atomic mass is 16.4. The molecule has 1 unspecified atom stereocenters. The normalized spacial score (nSPS) is 28.8. The SMILES string of the molecule is CCC1(C(=O)O)CCCN1CC(=O)N1CCC(C)CC1. The van der Waals surface area contributed by atoms with E-state index in [9.17, 15) is 14.7 Å². The van der Waals surface area contributed by atoms with Crippen LogP contribution < -0.4 is 0 Å². The van der Waals surface area contributed by atoms with Gasteiger partial charge in [-0.15, -0.1) is 0 Å². The van der Waals surface area contributed by atoms with E-state index in [1.54, 1.807) is 0 Å². The number of aliphatic carboxylic acids is 1. The van der Waals surface area contributed by atoms with Gasteiger partial charge in [0.15, 0.2) is 0 Å². The first-order valence-corrected chi connectivity index (χ1v) is 7.76. The molecular formula is C15H26N2O3. The van der Waals surface area contributed by atoms with Crippen LogP contribution in [0, 0.1) is 5.92 Å². The molecule has 2 heterocycles. The van der Waals surface area contributed by atoms with Gasteiger partial charge in [0.05, 0.1) is 6.54 Å². The summed E-state index contributed by atoms with van der Waals surface area (Å²) in [6, 6.07) is 0. The fraction of sp³-hybridized carbons (Fsp3) is 0.867. The van der Waals surface area contributed by atoms with Crippen LogP contribution in [0.15, 0.2) is 0 Å². The monoisotopic (exact) mass is 282 g/mol. The molecule has 0 radical (unpaired) electrons. The number of carbonyl (C=O) groups is 2. The molecule has 2 fully saturated rings. The fourth-order valence-electron chi connectivity index (χ4n) is 3.48. The molecule has 0 bridgehead atoms. The first-order valence-electron chi connectivity index (χ1n) is 7.76. The van der Waals surface area contributed by atoms with Gasteiger partial charge in [-0.3, -0.25) is 14.5 Å². The number of nitrogens with zero attached hydrogens (tertiary/aromatic N) is 2. The van der Waals surface area contributed by atoms with E-state index in [-0.39, 0.29) is 12.5 Å². The quantitative estimate of drug-likeness (QED) is 0.850. The summed E-state index contributed by atoms with van der Waals surface area (Å²) < 4.78 is 0. The van der Waals surface area contributed by atoms with Gasteiger partial charge in [0, 0.05) is 13.1 Å². The summed E-state index contributed by atoms with van der Waals surface area (Å²) in [6.45, 7) is 6.74. The summed E-state index contributed by atoms with van der Waals surface area (Å²) in [5.74, 6) is 0.00929. The third kappa shape index (κ3) is 2.82. The zero-order chi connectivity index (χ0) is 14.8. The summed E-state index contributed by atoms with van der Waals surface area (Å²) in [5, 5.41) is 9.53. The first-order chi connectivity index (χ1) is 9.49. The van der Waals surface area contributed by atoms with Crippen molar-refractivity contribution in [3.63, 3.8) is 0 Å². The van der Waals surface area contributed by atoms with Crippen LogP contribution >= 0.6 is 0 Å². The molecule has 2 rings (SSSR count). The van der Waals surface area contributed by atoms with Crippen molar-refractivity contribution in [2.24, 2.45) is 5.92 Å². The largest absolute Gasteiger partial charge is 0.480 e. The average molecular weight is 282 g/mol. The molecule has 1 amide bonds.